The van der Waals surface area contributed by atoms with Crippen molar-refractivity contribution in [1.29, 1.82) is 0 Å². The molecule has 10 rings (SSSR count). The van der Waals surface area contributed by atoms with Crippen molar-refractivity contribution in [3.05, 3.63) is 162 Å². The van der Waals surface area contributed by atoms with Gasteiger partial charge in [-0.15, -0.1) is 22.7 Å². The quantitative estimate of drug-likeness (QED) is 0.143. The lowest BCUT2D eigenvalue weighted by Gasteiger charge is -2.24. The third-order valence-electron chi connectivity index (χ3n) is 13.6. The van der Waals surface area contributed by atoms with Gasteiger partial charge in [-0.3, -0.25) is 0 Å². The van der Waals surface area contributed by atoms with Crippen LogP contribution in [0, 0.1) is 0 Å². The first kappa shape index (κ1) is 39.4. The van der Waals surface area contributed by atoms with Crippen molar-refractivity contribution in [2.24, 2.45) is 0 Å². The average Bonchev–Trinajstić information content (AvgIpc) is 3.94. The lowest BCUT2D eigenvalue weighted by molar-refractivity contribution is 0.799. The molecule has 2 heteroatoms. The number of hydrogen-bond acceptors (Lipinski definition) is 2. The second-order valence-corrected chi connectivity index (χ2v) is 21.7. The van der Waals surface area contributed by atoms with Gasteiger partial charge in [0.05, 0.1) is 0 Å². The van der Waals surface area contributed by atoms with Crippen molar-refractivity contribution in [2.75, 3.05) is 0 Å². The molecular formula is C58H58S2. The van der Waals surface area contributed by atoms with Gasteiger partial charge in [0.25, 0.3) is 0 Å². The van der Waals surface area contributed by atoms with E-state index in [0.717, 1.165) is 0 Å². The number of rotatable bonds is 8. The highest BCUT2D eigenvalue weighted by Crippen LogP contribution is 2.52. The standard InChI is InChI=1S/C58H58S2/c1-29(2)35-21-41(31(5)6)51(42(22-35)32(7)8)55-47-27-37-26-46-48(28-38(37)25-45(47)53-39-17-13-15-19-49(39)59-57(53)55)56(58-54(46)40-18-14-16-20-50(40)60-58)52-43(33(9)10)23-36(30(3)4)24-44(52)34(11)12/h13-34H,1-12H3. The molecule has 0 nitrogen and oxygen atoms in total. The highest BCUT2D eigenvalue weighted by atomic mass is 32.1. The van der Waals surface area contributed by atoms with E-state index in [1.807, 2.05) is 22.7 Å². The molecule has 0 unspecified atom stereocenters. The van der Waals surface area contributed by atoms with Gasteiger partial charge < -0.3 is 0 Å². The molecule has 302 valence electrons. The van der Waals surface area contributed by atoms with Gasteiger partial charge in [0, 0.05) is 52.2 Å². The Morgan fingerprint density at radius 3 is 1.00 bits per heavy atom. The zero-order valence-electron chi connectivity index (χ0n) is 37.5. The number of hydrogen-bond donors (Lipinski definition) is 0. The number of thiophene rings is 2. The molecule has 0 aliphatic heterocycles. The van der Waals surface area contributed by atoms with E-state index < -0.39 is 0 Å². The normalized spacial score (nSPS) is 13.5. The Bertz CT molecular complexity index is 2930. The monoisotopic (exact) mass is 818 g/mol. The molecule has 0 spiro atoms. The maximum absolute atomic E-state index is 2.58. The Balaban J connectivity index is 1.37. The van der Waals surface area contributed by atoms with E-state index in [1.165, 1.54) is 129 Å². The molecule has 0 N–H and O–H groups in total. The van der Waals surface area contributed by atoms with Gasteiger partial charge in [0.15, 0.2) is 0 Å². The zero-order chi connectivity index (χ0) is 42.0. The molecule has 6 aromatic carbocycles. The van der Waals surface area contributed by atoms with Crippen LogP contribution in [0.25, 0.3) is 64.3 Å². The van der Waals surface area contributed by atoms with Crippen molar-refractivity contribution in [2.45, 2.75) is 119 Å². The summed E-state index contributed by atoms with van der Waals surface area (Å²) in [5, 5.41) is 8.18. The Kier molecular flexibility index (Phi) is 9.47. The van der Waals surface area contributed by atoms with E-state index in [4.69, 9.17) is 0 Å². The molecule has 0 saturated carbocycles. The second-order valence-electron chi connectivity index (χ2n) is 19.6. The van der Waals surface area contributed by atoms with Crippen LogP contribution < -0.4 is 10.4 Å². The molecule has 60 heavy (non-hydrogen) atoms. The summed E-state index contributed by atoms with van der Waals surface area (Å²) in [6, 6.07) is 38.7. The Hall–Kier alpha value is -4.76. The van der Waals surface area contributed by atoms with Crippen LogP contribution in [0.4, 0.5) is 0 Å². The maximum Gasteiger partial charge on any atom is 0.0446 e. The lowest BCUT2D eigenvalue weighted by Crippen LogP contribution is -2.14. The topological polar surface area (TPSA) is 0 Å². The summed E-state index contributed by atoms with van der Waals surface area (Å²) in [6.45, 7) is 28.5. The van der Waals surface area contributed by atoms with Crippen LogP contribution in [0.1, 0.15) is 173 Å². The molecule has 2 aromatic heterocycles. The van der Waals surface area contributed by atoms with Crippen LogP contribution in [-0.2, 0) is 0 Å². The van der Waals surface area contributed by atoms with Gasteiger partial charge in [-0.25, -0.2) is 0 Å². The van der Waals surface area contributed by atoms with Gasteiger partial charge in [0.1, 0.15) is 0 Å². The minimum Gasteiger partial charge on any atom is -0.134 e. The van der Waals surface area contributed by atoms with Crippen molar-refractivity contribution >= 4 is 64.8 Å². The summed E-state index contributed by atoms with van der Waals surface area (Å²) in [4.78, 5) is 2.86. The summed E-state index contributed by atoms with van der Waals surface area (Å²) in [7, 11) is 0. The zero-order valence-corrected chi connectivity index (χ0v) is 39.2. The molecule has 8 aromatic rings. The molecule has 2 heterocycles. The van der Waals surface area contributed by atoms with Crippen molar-refractivity contribution in [3.8, 4) is 22.3 Å². The van der Waals surface area contributed by atoms with E-state index in [0.29, 0.717) is 35.5 Å². The predicted molar refractivity (Wildman–Crippen MR) is 265 cm³/mol. The largest absolute Gasteiger partial charge is 0.134 e. The van der Waals surface area contributed by atoms with E-state index in [2.05, 4.69) is 180 Å². The fraction of sp³-hybridized carbons (Fsp3) is 0.310. The molecule has 0 radical (unpaired) electrons. The Morgan fingerprint density at radius 2 is 0.683 bits per heavy atom. The predicted octanol–water partition coefficient (Wildman–Crippen LogP) is 16.5. The molecule has 0 atom stereocenters. The van der Waals surface area contributed by atoms with E-state index >= 15 is 0 Å². The fourth-order valence-electron chi connectivity index (χ4n) is 10.4. The summed E-state index contributed by atoms with van der Waals surface area (Å²) >= 11 is 3.98. The third kappa shape index (κ3) is 5.88. The van der Waals surface area contributed by atoms with Crippen LogP contribution in [0.15, 0.2) is 97.1 Å². The van der Waals surface area contributed by atoms with Gasteiger partial charge in [-0.2, -0.15) is 0 Å². The van der Waals surface area contributed by atoms with E-state index in [-0.39, 0.29) is 0 Å². The van der Waals surface area contributed by atoms with Gasteiger partial charge in [0.2, 0.25) is 0 Å². The lowest BCUT2D eigenvalue weighted by atomic mass is 9.81. The molecule has 2 aliphatic rings. The number of benzene rings is 6. The molecule has 0 fully saturated rings. The van der Waals surface area contributed by atoms with Crippen LogP contribution in [-0.4, -0.2) is 0 Å². The first-order valence-corrected chi connectivity index (χ1v) is 24.1. The molecule has 0 saturated heterocycles. The first-order chi connectivity index (χ1) is 28.7. The fourth-order valence-corrected chi connectivity index (χ4v) is 13.0. The van der Waals surface area contributed by atoms with Crippen LogP contribution in [0.5, 0.6) is 0 Å². The highest BCUT2D eigenvalue weighted by molar-refractivity contribution is 7.21. The summed E-state index contributed by atoms with van der Waals surface area (Å²) in [5.74, 6) is 2.54. The molecule has 0 bridgehead atoms. The van der Waals surface area contributed by atoms with Crippen LogP contribution in [0.2, 0.25) is 0 Å². The average molecular weight is 819 g/mol. The molecule has 0 amide bonds. The number of fused-ring (bicyclic) bond motifs is 11. The first-order valence-electron chi connectivity index (χ1n) is 22.5. The van der Waals surface area contributed by atoms with Crippen molar-refractivity contribution in [1.82, 2.24) is 0 Å². The van der Waals surface area contributed by atoms with Gasteiger partial charge >= 0.3 is 0 Å². The minimum absolute atomic E-state index is 0.398. The van der Waals surface area contributed by atoms with Crippen molar-refractivity contribution < 1.29 is 0 Å². The van der Waals surface area contributed by atoms with Crippen LogP contribution in [0.3, 0.4) is 0 Å². The third-order valence-corrected chi connectivity index (χ3v) is 16.0. The molecule has 2 aliphatic carbocycles. The van der Waals surface area contributed by atoms with Gasteiger partial charge in [-0.05, 0) is 149 Å². The van der Waals surface area contributed by atoms with Gasteiger partial charge in [-0.1, -0.05) is 144 Å². The SMILES string of the molecule is CC(C)c1cc(C(C)C)c(C2=c3cc4cc5c(cc4cc3-c3c2sc2ccccc32)=C(c2c(C(C)C)cc(C(C)C)cc2C(C)C)c2sc3ccccc3c2-5)c(C(C)C)c1. The smallest absolute Gasteiger partial charge is 0.0446 e. The molecular weight excluding hydrogens is 761 g/mol. The Labute approximate surface area is 365 Å². The Morgan fingerprint density at radius 1 is 0.350 bits per heavy atom. The van der Waals surface area contributed by atoms with Crippen molar-refractivity contribution in [3.63, 3.8) is 0 Å². The minimum atomic E-state index is 0.398. The van der Waals surface area contributed by atoms with E-state index in [9.17, 15) is 0 Å². The summed E-state index contributed by atoms with van der Waals surface area (Å²) < 4.78 is 2.74. The summed E-state index contributed by atoms with van der Waals surface area (Å²) in [5.41, 5.74) is 20.2. The maximum atomic E-state index is 2.58. The van der Waals surface area contributed by atoms with Crippen LogP contribution >= 0.6 is 22.7 Å². The second kappa shape index (κ2) is 14.4. The van der Waals surface area contributed by atoms with E-state index in [1.54, 1.807) is 0 Å². The summed E-state index contributed by atoms with van der Waals surface area (Å²) in [6.07, 6.45) is 0. The highest BCUT2D eigenvalue weighted by Gasteiger charge is 2.33.